The maximum atomic E-state index is 12.0. The number of anilines is 1. The van der Waals surface area contributed by atoms with Gasteiger partial charge in [0.2, 0.25) is 5.91 Å². The van der Waals surface area contributed by atoms with Crippen LogP contribution in [0.1, 0.15) is 5.56 Å². The largest absolute Gasteiger partial charge is 0.380 e. The molecular formula is C18H20N4O2. The Morgan fingerprint density at radius 3 is 3.00 bits per heavy atom. The summed E-state index contributed by atoms with van der Waals surface area (Å²) in [7, 11) is 0. The molecule has 0 aromatic carbocycles. The van der Waals surface area contributed by atoms with Crippen molar-refractivity contribution in [2.75, 3.05) is 25.0 Å². The average molecular weight is 324 g/mol. The van der Waals surface area contributed by atoms with E-state index in [1.807, 2.05) is 25.1 Å². The normalized spacial score (nSPS) is 14.1. The van der Waals surface area contributed by atoms with E-state index in [2.05, 4.69) is 21.9 Å². The second-order valence-corrected chi connectivity index (χ2v) is 6.04. The number of nitrogens with zero attached hydrogens (tertiary/aromatic N) is 2. The summed E-state index contributed by atoms with van der Waals surface area (Å²) in [4.78, 5) is 32.2. The lowest BCUT2D eigenvalue weighted by molar-refractivity contribution is -0.131. The van der Waals surface area contributed by atoms with Gasteiger partial charge < -0.3 is 15.2 Å². The number of amides is 1. The summed E-state index contributed by atoms with van der Waals surface area (Å²) in [5, 5.41) is 3.18. The van der Waals surface area contributed by atoms with Crippen LogP contribution in [0.25, 0.3) is 11.3 Å². The zero-order chi connectivity index (χ0) is 17.1. The standard InChI is InChI=1S/C18H20N4O2/c1-3-17(23)22-10-13(11-22)8-20-16-7-14(9-21-18(16)24)15-6-12(2)4-5-19-15/h3-7,9,13,20H,1,8,10-11H2,2H3,(H,21,24). The number of rotatable bonds is 5. The minimum Gasteiger partial charge on any atom is -0.380 e. The van der Waals surface area contributed by atoms with Gasteiger partial charge in [0, 0.05) is 43.5 Å². The van der Waals surface area contributed by atoms with Crippen LogP contribution in [0, 0.1) is 12.8 Å². The van der Waals surface area contributed by atoms with Crippen molar-refractivity contribution >= 4 is 11.6 Å². The third-order valence-electron chi connectivity index (χ3n) is 4.14. The van der Waals surface area contributed by atoms with Gasteiger partial charge in [-0.25, -0.2) is 0 Å². The molecule has 1 amide bonds. The lowest BCUT2D eigenvalue weighted by Gasteiger charge is -2.38. The van der Waals surface area contributed by atoms with E-state index < -0.39 is 0 Å². The number of H-pyrrole nitrogens is 1. The molecule has 1 saturated heterocycles. The highest BCUT2D eigenvalue weighted by Crippen LogP contribution is 2.20. The number of carbonyl (C=O) groups is 1. The van der Waals surface area contributed by atoms with Crippen molar-refractivity contribution in [1.82, 2.24) is 14.9 Å². The van der Waals surface area contributed by atoms with Crippen LogP contribution < -0.4 is 10.9 Å². The molecule has 2 N–H and O–H groups in total. The van der Waals surface area contributed by atoms with Crippen LogP contribution >= 0.6 is 0 Å². The van der Waals surface area contributed by atoms with Gasteiger partial charge in [0.15, 0.2) is 0 Å². The van der Waals surface area contributed by atoms with E-state index in [1.54, 1.807) is 17.3 Å². The summed E-state index contributed by atoms with van der Waals surface area (Å²) >= 11 is 0. The lowest BCUT2D eigenvalue weighted by Crippen LogP contribution is -2.51. The van der Waals surface area contributed by atoms with E-state index >= 15 is 0 Å². The van der Waals surface area contributed by atoms with Crippen molar-refractivity contribution in [2.45, 2.75) is 6.92 Å². The molecule has 6 heteroatoms. The first-order valence-corrected chi connectivity index (χ1v) is 7.88. The van der Waals surface area contributed by atoms with Crippen molar-refractivity contribution in [3.8, 4) is 11.3 Å². The molecule has 3 heterocycles. The first-order valence-electron chi connectivity index (χ1n) is 7.88. The van der Waals surface area contributed by atoms with Crippen molar-refractivity contribution in [3.63, 3.8) is 0 Å². The van der Waals surface area contributed by atoms with Crippen LogP contribution in [0.15, 0.2) is 48.0 Å². The molecule has 124 valence electrons. The topological polar surface area (TPSA) is 78.1 Å². The third kappa shape index (κ3) is 3.37. The number of aromatic amines is 1. The fraction of sp³-hybridized carbons (Fsp3) is 0.278. The second-order valence-electron chi connectivity index (χ2n) is 6.04. The van der Waals surface area contributed by atoms with E-state index in [9.17, 15) is 9.59 Å². The lowest BCUT2D eigenvalue weighted by atomic mass is 10.00. The number of pyridine rings is 2. The number of hydrogen-bond acceptors (Lipinski definition) is 4. The van der Waals surface area contributed by atoms with Gasteiger partial charge in [-0.3, -0.25) is 14.6 Å². The molecule has 1 aliphatic heterocycles. The molecule has 3 rings (SSSR count). The van der Waals surface area contributed by atoms with Crippen LogP contribution in [0.5, 0.6) is 0 Å². The zero-order valence-corrected chi connectivity index (χ0v) is 13.6. The van der Waals surface area contributed by atoms with E-state index in [-0.39, 0.29) is 11.5 Å². The quantitative estimate of drug-likeness (QED) is 0.822. The molecule has 1 fully saturated rings. The number of nitrogens with one attached hydrogen (secondary N) is 2. The molecule has 0 spiro atoms. The predicted octanol–water partition coefficient (Wildman–Crippen LogP) is 1.80. The molecule has 0 atom stereocenters. The van der Waals surface area contributed by atoms with Crippen molar-refractivity contribution in [2.24, 2.45) is 5.92 Å². The third-order valence-corrected chi connectivity index (χ3v) is 4.14. The van der Waals surface area contributed by atoms with E-state index in [1.165, 1.54) is 6.08 Å². The minimum atomic E-state index is -0.162. The predicted molar refractivity (Wildman–Crippen MR) is 93.8 cm³/mol. The first-order chi connectivity index (χ1) is 11.6. The number of aryl methyl sites for hydroxylation is 1. The van der Waals surface area contributed by atoms with E-state index in [0.717, 1.165) is 16.8 Å². The Balaban J connectivity index is 1.66. The highest BCUT2D eigenvalue weighted by molar-refractivity contribution is 5.87. The minimum absolute atomic E-state index is 0.0448. The van der Waals surface area contributed by atoms with Gasteiger partial charge >= 0.3 is 0 Å². The summed E-state index contributed by atoms with van der Waals surface area (Å²) in [5.41, 5.74) is 3.15. The molecule has 2 aromatic heterocycles. The molecule has 0 saturated carbocycles. The van der Waals surface area contributed by atoms with Crippen LogP contribution in [0.2, 0.25) is 0 Å². The molecule has 2 aromatic rings. The summed E-state index contributed by atoms with van der Waals surface area (Å²) in [6.45, 7) is 7.51. The van der Waals surface area contributed by atoms with Gasteiger partial charge in [-0.1, -0.05) is 6.58 Å². The molecule has 6 nitrogen and oxygen atoms in total. The van der Waals surface area contributed by atoms with E-state index in [0.29, 0.717) is 31.2 Å². The Bertz CT molecular complexity index is 822. The Kier molecular flexibility index (Phi) is 4.46. The van der Waals surface area contributed by atoms with Crippen molar-refractivity contribution < 1.29 is 4.79 Å². The highest BCUT2D eigenvalue weighted by Gasteiger charge is 2.28. The first kappa shape index (κ1) is 16.0. The zero-order valence-electron chi connectivity index (χ0n) is 13.6. The van der Waals surface area contributed by atoms with Gasteiger partial charge in [-0.2, -0.15) is 0 Å². The summed E-state index contributed by atoms with van der Waals surface area (Å²) < 4.78 is 0. The van der Waals surface area contributed by atoms with Gasteiger partial charge in [0.05, 0.1) is 5.69 Å². The summed E-state index contributed by atoms with van der Waals surface area (Å²) in [5.74, 6) is 0.297. The number of aromatic nitrogens is 2. The fourth-order valence-corrected chi connectivity index (χ4v) is 2.72. The maximum absolute atomic E-state index is 12.0. The van der Waals surface area contributed by atoms with Crippen molar-refractivity contribution in [1.29, 1.82) is 0 Å². The van der Waals surface area contributed by atoms with E-state index in [4.69, 9.17) is 0 Å². The molecule has 0 bridgehead atoms. The molecule has 24 heavy (non-hydrogen) atoms. The SMILES string of the molecule is C=CC(=O)N1CC(CNc2cc(-c3cc(C)ccn3)c[nH]c2=O)C1. The smallest absolute Gasteiger partial charge is 0.271 e. The molecule has 1 aliphatic rings. The van der Waals surface area contributed by atoms with Crippen LogP contribution in [-0.4, -0.2) is 40.4 Å². The number of likely N-dealkylation sites (tertiary alicyclic amines) is 1. The Morgan fingerprint density at radius 1 is 1.50 bits per heavy atom. The van der Waals surface area contributed by atoms with Crippen LogP contribution in [0.4, 0.5) is 5.69 Å². The number of carbonyl (C=O) groups excluding carboxylic acids is 1. The molecule has 0 aliphatic carbocycles. The Morgan fingerprint density at radius 2 is 2.29 bits per heavy atom. The van der Waals surface area contributed by atoms with Gasteiger partial charge in [0.1, 0.15) is 5.69 Å². The molecule has 0 radical (unpaired) electrons. The van der Waals surface area contributed by atoms with Gasteiger partial charge in [0.25, 0.3) is 5.56 Å². The van der Waals surface area contributed by atoms with Gasteiger partial charge in [-0.15, -0.1) is 0 Å². The number of hydrogen-bond donors (Lipinski definition) is 2. The molecular weight excluding hydrogens is 304 g/mol. The maximum Gasteiger partial charge on any atom is 0.271 e. The Hall–Kier alpha value is -2.89. The monoisotopic (exact) mass is 324 g/mol. The molecule has 0 unspecified atom stereocenters. The van der Waals surface area contributed by atoms with Crippen molar-refractivity contribution in [3.05, 3.63) is 59.2 Å². The summed E-state index contributed by atoms with van der Waals surface area (Å²) in [6.07, 6.45) is 4.75. The van der Waals surface area contributed by atoms with Crippen LogP contribution in [0.3, 0.4) is 0 Å². The second kappa shape index (κ2) is 6.70. The average Bonchev–Trinajstić information content (AvgIpc) is 2.54. The van der Waals surface area contributed by atoms with Gasteiger partial charge in [-0.05, 0) is 36.8 Å². The Labute approximate surface area is 140 Å². The fourth-order valence-electron chi connectivity index (χ4n) is 2.72. The highest BCUT2D eigenvalue weighted by atomic mass is 16.2. The summed E-state index contributed by atoms with van der Waals surface area (Å²) in [6, 6.07) is 5.72. The van der Waals surface area contributed by atoms with Crippen LogP contribution in [-0.2, 0) is 4.79 Å².